The van der Waals surface area contributed by atoms with Gasteiger partial charge in [-0.05, 0) is 49.7 Å². The fraction of sp³-hybridized carbons (Fsp3) is 0.200. The summed E-state index contributed by atoms with van der Waals surface area (Å²) in [7, 11) is 1.52. The van der Waals surface area contributed by atoms with Gasteiger partial charge in [-0.25, -0.2) is 0 Å². The number of carbonyl (C=O) groups excluding carboxylic acids is 2. The van der Waals surface area contributed by atoms with Crippen LogP contribution < -0.4 is 20.1 Å². The Balaban J connectivity index is 1.77. The summed E-state index contributed by atoms with van der Waals surface area (Å²) in [5.74, 6) is 0.419. The van der Waals surface area contributed by atoms with Gasteiger partial charge in [-0.3, -0.25) is 9.59 Å². The van der Waals surface area contributed by atoms with E-state index in [0.29, 0.717) is 34.9 Å². The Hall–Kier alpha value is -3.80. The third-order valence-corrected chi connectivity index (χ3v) is 4.79. The fourth-order valence-electron chi connectivity index (χ4n) is 3.17. The lowest BCUT2D eigenvalue weighted by molar-refractivity contribution is 0.0940. The molecular formula is C25H26N2O4. The second-order valence-electron chi connectivity index (χ2n) is 6.90. The number of hydrogen-bond donors (Lipinski definition) is 2. The lowest BCUT2D eigenvalue weighted by Crippen LogP contribution is -2.28. The lowest BCUT2D eigenvalue weighted by Gasteiger charge is -2.16. The minimum atomic E-state index is -0.349. The molecule has 3 aromatic rings. The largest absolute Gasteiger partial charge is 0.493 e. The molecular weight excluding hydrogens is 392 g/mol. The molecule has 0 aliphatic heterocycles. The lowest BCUT2D eigenvalue weighted by atomic mass is 10.1. The van der Waals surface area contributed by atoms with Crippen LogP contribution in [-0.4, -0.2) is 25.5 Å². The fourth-order valence-corrected chi connectivity index (χ4v) is 3.17. The van der Waals surface area contributed by atoms with Crippen molar-refractivity contribution in [2.24, 2.45) is 0 Å². The Morgan fingerprint density at radius 2 is 1.61 bits per heavy atom. The summed E-state index contributed by atoms with van der Waals surface area (Å²) in [5.41, 5.74) is 2.21. The highest BCUT2D eigenvalue weighted by atomic mass is 16.5. The van der Waals surface area contributed by atoms with Crippen molar-refractivity contribution in [2.75, 3.05) is 19.0 Å². The van der Waals surface area contributed by atoms with E-state index in [1.807, 2.05) is 44.2 Å². The molecule has 0 saturated heterocycles. The van der Waals surface area contributed by atoms with Gasteiger partial charge in [0.2, 0.25) is 0 Å². The van der Waals surface area contributed by atoms with Gasteiger partial charge < -0.3 is 20.1 Å². The van der Waals surface area contributed by atoms with Crippen molar-refractivity contribution in [3.63, 3.8) is 0 Å². The average Bonchev–Trinajstić information content (AvgIpc) is 2.80. The Labute approximate surface area is 182 Å². The maximum absolute atomic E-state index is 12.9. The molecule has 0 aromatic heterocycles. The summed E-state index contributed by atoms with van der Waals surface area (Å²) in [5, 5.41) is 5.81. The molecule has 0 aliphatic rings. The van der Waals surface area contributed by atoms with Gasteiger partial charge in [0.25, 0.3) is 11.8 Å². The number of rotatable bonds is 8. The minimum Gasteiger partial charge on any atom is -0.493 e. The van der Waals surface area contributed by atoms with E-state index in [2.05, 4.69) is 10.6 Å². The van der Waals surface area contributed by atoms with Gasteiger partial charge in [-0.2, -0.15) is 0 Å². The summed E-state index contributed by atoms with van der Waals surface area (Å²) in [6, 6.07) is 21.4. The highest BCUT2D eigenvalue weighted by Gasteiger charge is 2.17. The van der Waals surface area contributed by atoms with Gasteiger partial charge >= 0.3 is 0 Å². The van der Waals surface area contributed by atoms with Crippen LogP contribution in [0.4, 0.5) is 5.69 Å². The van der Waals surface area contributed by atoms with Crippen LogP contribution in [0.1, 0.15) is 46.2 Å². The molecule has 2 N–H and O–H groups in total. The number of para-hydroxylation sites is 1. The normalized spacial score (nSPS) is 11.3. The smallest absolute Gasteiger partial charge is 0.255 e. The van der Waals surface area contributed by atoms with E-state index in [-0.39, 0.29) is 17.9 Å². The predicted molar refractivity (Wildman–Crippen MR) is 121 cm³/mol. The van der Waals surface area contributed by atoms with Crippen molar-refractivity contribution in [1.82, 2.24) is 5.32 Å². The molecule has 160 valence electrons. The summed E-state index contributed by atoms with van der Waals surface area (Å²) >= 11 is 0. The average molecular weight is 418 g/mol. The minimum absolute atomic E-state index is 0.173. The Kier molecular flexibility index (Phi) is 7.27. The van der Waals surface area contributed by atoms with E-state index in [9.17, 15) is 9.59 Å². The zero-order valence-corrected chi connectivity index (χ0v) is 17.8. The first-order valence-corrected chi connectivity index (χ1v) is 10.1. The summed E-state index contributed by atoms with van der Waals surface area (Å²) in [6.07, 6.45) is 0. The zero-order valence-electron chi connectivity index (χ0n) is 17.8. The van der Waals surface area contributed by atoms with Crippen molar-refractivity contribution in [2.45, 2.75) is 19.9 Å². The van der Waals surface area contributed by atoms with Crippen LogP contribution in [0.15, 0.2) is 72.8 Å². The molecule has 6 heteroatoms. The number of carbonyl (C=O) groups is 2. The number of amides is 2. The second kappa shape index (κ2) is 10.3. The number of benzene rings is 3. The second-order valence-corrected chi connectivity index (χ2v) is 6.90. The number of ether oxygens (including phenoxy) is 2. The molecule has 1 unspecified atom stereocenters. The predicted octanol–water partition coefficient (Wildman–Crippen LogP) is 4.84. The topological polar surface area (TPSA) is 76.7 Å². The maximum Gasteiger partial charge on any atom is 0.255 e. The molecule has 0 saturated carbocycles. The van der Waals surface area contributed by atoms with Crippen LogP contribution in [-0.2, 0) is 0 Å². The standard InChI is InChI=1S/C25H26N2O4/c1-4-31-22-15-14-19(16-23(22)30-3)24(28)27-21-13-9-8-12-20(21)25(29)26-17(2)18-10-6-5-7-11-18/h5-17H,4H2,1-3H3,(H,26,29)(H,27,28). The summed E-state index contributed by atoms with van der Waals surface area (Å²) in [4.78, 5) is 25.7. The SMILES string of the molecule is CCOc1ccc(C(=O)Nc2ccccc2C(=O)NC(C)c2ccccc2)cc1OC. The van der Waals surface area contributed by atoms with Crippen LogP contribution in [0.2, 0.25) is 0 Å². The zero-order chi connectivity index (χ0) is 22.2. The molecule has 0 spiro atoms. The van der Waals surface area contributed by atoms with Crippen LogP contribution in [0, 0.1) is 0 Å². The first-order valence-electron chi connectivity index (χ1n) is 10.1. The quantitative estimate of drug-likeness (QED) is 0.549. The Morgan fingerprint density at radius 1 is 0.903 bits per heavy atom. The number of nitrogens with one attached hydrogen (secondary N) is 2. The van der Waals surface area contributed by atoms with E-state index in [1.54, 1.807) is 42.5 Å². The molecule has 0 fully saturated rings. The van der Waals surface area contributed by atoms with Gasteiger partial charge in [0.15, 0.2) is 11.5 Å². The highest BCUT2D eigenvalue weighted by Crippen LogP contribution is 2.28. The van der Waals surface area contributed by atoms with E-state index in [0.717, 1.165) is 5.56 Å². The van der Waals surface area contributed by atoms with Crippen molar-refractivity contribution in [3.05, 3.63) is 89.5 Å². The van der Waals surface area contributed by atoms with Crippen LogP contribution >= 0.6 is 0 Å². The molecule has 3 rings (SSSR count). The van der Waals surface area contributed by atoms with Gasteiger partial charge in [0.05, 0.1) is 31.0 Å². The van der Waals surface area contributed by atoms with E-state index < -0.39 is 0 Å². The summed E-state index contributed by atoms with van der Waals surface area (Å²) in [6.45, 7) is 4.28. The Bertz CT molecular complexity index is 1050. The van der Waals surface area contributed by atoms with E-state index >= 15 is 0 Å². The highest BCUT2D eigenvalue weighted by molar-refractivity contribution is 6.09. The molecule has 3 aromatic carbocycles. The molecule has 0 radical (unpaired) electrons. The van der Waals surface area contributed by atoms with E-state index in [1.165, 1.54) is 7.11 Å². The third kappa shape index (κ3) is 5.42. The van der Waals surface area contributed by atoms with Crippen LogP contribution in [0.25, 0.3) is 0 Å². The third-order valence-electron chi connectivity index (χ3n) is 4.79. The van der Waals surface area contributed by atoms with Crippen molar-refractivity contribution in [1.29, 1.82) is 0 Å². The van der Waals surface area contributed by atoms with Gasteiger partial charge in [0, 0.05) is 5.56 Å². The number of methoxy groups -OCH3 is 1. The van der Waals surface area contributed by atoms with Crippen LogP contribution in [0.5, 0.6) is 11.5 Å². The monoisotopic (exact) mass is 418 g/mol. The molecule has 0 aliphatic carbocycles. The maximum atomic E-state index is 12.9. The summed E-state index contributed by atoms with van der Waals surface area (Å²) < 4.78 is 10.8. The van der Waals surface area contributed by atoms with Crippen molar-refractivity contribution in [3.8, 4) is 11.5 Å². The number of hydrogen-bond acceptors (Lipinski definition) is 4. The molecule has 6 nitrogen and oxygen atoms in total. The molecule has 0 bridgehead atoms. The van der Waals surface area contributed by atoms with Gasteiger partial charge in [0.1, 0.15) is 0 Å². The molecule has 1 atom stereocenters. The molecule has 31 heavy (non-hydrogen) atoms. The molecule has 2 amide bonds. The van der Waals surface area contributed by atoms with Gasteiger partial charge in [-0.15, -0.1) is 0 Å². The number of anilines is 1. The van der Waals surface area contributed by atoms with E-state index in [4.69, 9.17) is 9.47 Å². The van der Waals surface area contributed by atoms with Crippen LogP contribution in [0.3, 0.4) is 0 Å². The van der Waals surface area contributed by atoms with Crippen molar-refractivity contribution >= 4 is 17.5 Å². The first-order chi connectivity index (χ1) is 15.0. The Morgan fingerprint density at radius 3 is 2.32 bits per heavy atom. The molecule has 0 heterocycles. The van der Waals surface area contributed by atoms with Crippen molar-refractivity contribution < 1.29 is 19.1 Å². The van der Waals surface area contributed by atoms with Gasteiger partial charge in [-0.1, -0.05) is 42.5 Å². The first kappa shape index (κ1) is 21.9.